The van der Waals surface area contributed by atoms with Crippen molar-refractivity contribution in [3.8, 4) is 11.5 Å². The first-order valence-electron chi connectivity index (χ1n) is 14.3. The molecule has 7 rings (SSSR count). The summed E-state index contributed by atoms with van der Waals surface area (Å²) in [5.74, 6) is -2.08. The molecule has 3 aliphatic heterocycles. The first-order chi connectivity index (χ1) is 21.8. The number of fused-ring (bicyclic) bond motifs is 6. The summed E-state index contributed by atoms with van der Waals surface area (Å²) in [6, 6.07) is 23.0. The van der Waals surface area contributed by atoms with Crippen molar-refractivity contribution in [1.82, 2.24) is 4.90 Å². The van der Waals surface area contributed by atoms with Crippen molar-refractivity contribution in [2.45, 2.75) is 17.5 Å². The van der Waals surface area contributed by atoms with Gasteiger partial charge in [-0.05, 0) is 47.0 Å². The number of nitro benzene ring substituents is 1. The van der Waals surface area contributed by atoms with Crippen LogP contribution < -0.4 is 14.8 Å². The third-order valence-electron chi connectivity index (χ3n) is 9.14. The third kappa shape index (κ3) is 3.98. The molecule has 4 aromatic carbocycles. The van der Waals surface area contributed by atoms with Crippen LogP contribution in [0.15, 0.2) is 97.2 Å². The fourth-order valence-electron chi connectivity index (χ4n) is 7.29. The molecule has 4 atom stereocenters. The van der Waals surface area contributed by atoms with Gasteiger partial charge < -0.3 is 19.7 Å². The lowest BCUT2D eigenvalue weighted by Gasteiger charge is -2.38. The molecule has 0 aromatic heterocycles. The van der Waals surface area contributed by atoms with E-state index in [4.69, 9.17) is 9.47 Å². The number of non-ortho nitro benzene ring substituents is 1. The number of carbonyl (C=O) groups is 3. The van der Waals surface area contributed by atoms with E-state index >= 15 is 4.79 Å². The number of nitrogens with zero attached hydrogens (tertiary/aromatic N) is 2. The van der Waals surface area contributed by atoms with Gasteiger partial charge in [-0.2, -0.15) is 0 Å². The lowest BCUT2D eigenvalue weighted by atomic mass is 9.62. The smallest absolute Gasteiger partial charge is 0.270 e. The minimum absolute atomic E-state index is 0.0550. The zero-order chi connectivity index (χ0) is 31.5. The molecule has 4 aromatic rings. The number of ketones is 2. The molecule has 0 aliphatic carbocycles. The van der Waals surface area contributed by atoms with E-state index in [1.807, 2.05) is 36.4 Å². The molecule has 1 fully saturated rings. The Morgan fingerprint density at radius 2 is 1.69 bits per heavy atom. The Morgan fingerprint density at radius 1 is 0.911 bits per heavy atom. The lowest BCUT2D eigenvalue weighted by Crippen LogP contribution is -2.49. The van der Waals surface area contributed by atoms with Crippen molar-refractivity contribution in [3.63, 3.8) is 0 Å². The van der Waals surface area contributed by atoms with Crippen LogP contribution in [0.2, 0.25) is 0 Å². The van der Waals surface area contributed by atoms with Crippen LogP contribution in [0.3, 0.4) is 0 Å². The Bertz CT molecular complexity index is 1950. The number of benzene rings is 4. The minimum atomic E-state index is -1.57. The molecule has 45 heavy (non-hydrogen) atoms. The number of hydrogen-bond acceptors (Lipinski definition) is 8. The second-order valence-electron chi connectivity index (χ2n) is 11.2. The molecule has 1 spiro atoms. The van der Waals surface area contributed by atoms with Crippen molar-refractivity contribution in [3.05, 3.63) is 135 Å². The summed E-state index contributed by atoms with van der Waals surface area (Å²) >= 11 is 0. The summed E-state index contributed by atoms with van der Waals surface area (Å²) in [5.41, 5.74) is 1.14. The maximum Gasteiger partial charge on any atom is 0.270 e. The van der Waals surface area contributed by atoms with Crippen LogP contribution in [0.1, 0.15) is 43.4 Å². The standard InChI is InChI=1S/C35H27N3O7/c1-44-23-14-15-28(45-2)25(19-23)32(40)29-30(31(39)21-9-7-10-22(18-21)38(42)43)37-17-16-20-8-3-4-11-24(20)33(37)35(29)26-12-5-6-13-27(26)36-34(35)41/h3-19,29-30,33H,1-2H3,(H,36,41)/t29-,30+,33+,35-/m0/s1. The fraction of sp³-hybridized carbons (Fsp3) is 0.171. The normalized spacial score (nSPS) is 22.3. The van der Waals surface area contributed by atoms with Gasteiger partial charge in [0.15, 0.2) is 11.6 Å². The predicted octanol–water partition coefficient (Wildman–Crippen LogP) is 5.59. The van der Waals surface area contributed by atoms with E-state index in [9.17, 15) is 19.7 Å². The summed E-state index contributed by atoms with van der Waals surface area (Å²) < 4.78 is 11.0. The van der Waals surface area contributed by atoms with E-state index < -0.39 is 45.8 Å². The molecule has 1 N–H and O–H groups in total. The number of Topliss-reactive ketones (excluding diaryl/α,β-unsaturated/α-hetero) is 2. The molecular weight excluding hydrogens is 574 g/mol. The largest absolute Gasteiger partial charge is 0.497 e. The van der Waals surface area contributed by atoms with Crippen molar-refractivity contribution >= 4 is 34.9 Å². The number of ether oxygens (including phenoxy) is 2. The average molecular weight is 602 g/mol. The van der Waals surface area contributed by atoms with Crippen LogP contribution in [0.4, 0.5) is 11.4 Å². The van der Waals surface area contributed by atoms with Crippen molar-refractivity contribution in [1.29, 1.82) is 0 Å². The number of anilines is 1. The van der Waals surface area contributed by atoms with E-state index in [2.05, 4.69) is 5.32 Å². The van der Waals surface area contributed by atoms with Gasteiger partial charge in [-0.15, -0.1) is 0 Å². The van der Waals surface area contributed by atoms with Crippen LogP contribution in [-0.2, 0) is 10.2 Å². The molecule has 10 nitrogen and oxygen atoms in total. The van der Waals surface area contributed by atoms with Crippen molar-refractivity contribution < 1.29 is 28.8 Å². The summed E-state index contributed by atoms with van der Waals surface area (Å²) in [6.45, 7) is 0. The summed E-state index contributed by atoms with van der Waals surface area (Å²) in [4.78, 5) is 57.4. The number of carbonyl (C=O) groups excluding carboxylic acids is 3. The number of nitro groups is 1. The Balaban J connectivity index is 1.55. The molecule has 224 valence electrons. The van der Waals surface area contributed by atoms with Crippen LogP contribution in [-0.4, -0.2) is 47.6 Å². The highest BCUT2D eigenvalue weighted by molar-refractivity contribution is 6.17. The van der Waals surface area contributed by atoms with Gasteiger partial charge in [0.25, 0.3) is 5.69 Å². The van der Waals surface area contributed by atoms with Crippen LogP contribution in [0.5, 0.6) is 11.5 Å². The summed E-state index contributed by atoms with van der Waals surface area (Å²) in [5, 5.41) is 14.7. The molecule has 0 saturated carbocycles. The second-order valence-corrected chi connectivity index (χ2v) is 11.2. The first-order valence-corrected chi connectivity index (χ1v) is 14.3. The molecule has 0 bridgehead atoms. The van der Waals surface area contributed by atoms with E-state index in [0.29, 0.717) is 17.0 Å². The molecule has 0 radical (unpaired) electrons. The maximum absolute atomic E-state index is 15.2. The van der Waals surface area contributed by atoms with Gasteiger partial charge in [0.05, 0.1) is 36.7 Å². The Morgan fingerprint density at radius 3 is 2.47 bits per heavy atom. The quantitative estimate of drug-likeness (QED) is 0.165. The van der Waals surface area contributed by atoms with E-state index in [0.717, 1.165) is 11.1 Å². The molecule has 1 amide bonds. The lowest BCUT2D eigenvalue weighted by molar-refractivity contribution is -0.384. The Labute approximate surface area is 258 Å². The maximum atomic E-state index is 15.2. The monoisotopic (exact) mass is 601 g/mol. The number of nitrogens with one attached hydrogen (secondary N) is 1. The van der Waals surface area contributed by atoms with E-state index in [1.54, 1.807) is 47.5 Å². The third-order valence-corrected chi connectivity index (χ3v) is 9.14. The molecule has 0 unspecified atom stereocenters. The zero-order valence-corrected chi connectivity index (χ0v) is 24.3. The first kappa shape index (κ1) is 28.0. The number of para-hydroxylation sites is 1. The number of amides is 1. The van der Waals surface area contributed by atoms with Gasteiger partial charge in [-0.1, -0.05) is 54.6 Å². The van der Waals surface area contributed by atoms with E-state index in [-0.39, 0.29) is 22.6 Å². The van der Waals surface area contributed by atoms with Crippen LogP contribution >= 0.6 is 0 Å². The van der Waals surface area contributed by atoms with Gasteiger partial charge >= 0.3 is 0 Å². The molecule has 3 aliphatic rings. The van der Waals surface area contributed by atoms with Gasteiger partial charge in [0.2, 0.25) is 5.91 Å². The van der Waals surface area contributed by atoms with E-state index in [1.165, 1.54) is 38.5 Å². The molecule has 10 heteroatoms. The zero-order valence-electron chi connectivity index (χ0n) is 24.3. The van der Waals surface area contributed by atoms with Gasteiger partial charge in [-0.25, -0.2) is 0 Å². The Hall–Kier alpha value is -5.77. The SMILES string of the molecule is COc1ccc(OC)c(C(=O)[C@@H]2[C@H](C(=O)c3cccc([N+](=O)[O-])c3)N3C=Cc4ccccc4[C@@H]3[C@@]23C(=O)Nc2ccccc23)c1. The highest BCUT2D eigenvalue weighted by Crippen LogP contribution is 2.62. The van der Waals surface area contributed by atoms with Gasteiger partial charge in [0, 0.05) is 29.6 Å². The highest BCUT2D eigenvalue weighted by Gasteiger charge is 2.71. The summed E-state index contributed by atoms with van der Waals surface area (Å²) in [6.07, 6.45) is 3.60. The molecule has 3 heterocycles. The predicted molar refractivity (Wildman–Crippen MR) is 165 cm³/mol. The fourth-order valence-corrected chi connectivity index (χ4v) is 7.29. The average Bonchev–Trinajstić information content (AvgIpc) is 3.55. The van der Waals surface area contributed by atoms with Gasteiger partial charge in [-0.3, -0.25) is 24.5 Å². The van der Waals surface area contributed by atoms with Crippen molar-refractivity contribution in [2.75, 3.05) is 19.5 Å². The summed E-state index contributed by atoms with van der Waals surface area (Å²) in [7, 11) is 2.92. The molecule has 1 saturated heterocycles. The molecular formula is C35H27N3O7. The van der Waals surface area contributed by atoms with Crippen LogP contribution in [0.25, 0.3) is 6.08 Å². The Kier molecular flexibility index (Phi) is 6.50. The number of methoxy groups -OCH3 is 2. The minimum Gasteiger partial charge on any atom is -0.497 e. The second kappa shape index (κ2) is 10.4. The van der Waals surface area contributed by atoms with Crippen molar-refractivity contribution in [2.24, 2.45) is 5.92 Å². The van der Waals surface area contributed by atoms with Gasteiger partial charge in [0.1, 0.15) is 23.0 Å². The number of rotatable bonds is 7. The highest BCUT2D eigenvalue weighted by atomic mass is 16.6. The topological polar surface area (TPSA) is 128 Å². The van der Waals surface area contributed by atoms with Crippen LogP contribution in [0, 0.1) is 16.0 Å². The number of hydrogen-bond donors (Lipinski definition) is 1.